The molecule has 0 amide bonds. The van der Waals surface area contributed by atoms with E-state index >= 15 is 0 Å². The summed E-state index contributed by atoms with van der Waals surface area (Å²) >= 11 is 0. The molecule has 1 aliphatic carbocycles. The maximum Gasteiger partial charge on any atom is 3.00 e. The van der Waals surface area contributed by atoms with Gasteiger partial charge in [-0.2, -0.15) is 11.6 Å². The Balaban J connectivity index is -0.000000213. The van der Waals surface area contributed by atoms with Crippen molar-refractivity contribution in [1.29, 1.82) is 0 Å². The summed E-state index contributed by atoms with van der Waals surface area (Å²) in [6.45, 7) is 4.31. The van der Waals surface area contributed by atoms with E-state index in [1.54, 1.807) is 0 Å². The van der Waals surface area contributed by atoms with Crippen molar-refractivity contribution in [3.8, 4) is 0 Å². The smallest absolute Gasteiger partial charge is 1.00 e. The van der Waals surface area contributed by atoms with Crippen LogP contribution in [0.15, 0.2) is 17.2 Å². The summed E-state index contributed by atoms with van der Waals surface area (Å²) in [4.78, 5) is 0. The third-order valence-corrected chi connectivity index (χ3v) is 1.58. The summed E-state index contributed by atoms with van der Waals surface area (Å²) in [5.41, 5.74) is 2.83. The van der Waals surface area contributed by atoms with Crippen LogP contribution in [0.2, 0.25) is 0 Å². The van der Waals surface area contributed by atoms with Gasteiger partial charge in [-0.25, -0.2) is 5.57 Å². The third-order valence-electron chi connectivity index (χ3n) is 1.58. The fourth-order valence-corrected chi connectivity index (χ4v) is 1.00. The van der Waals surface area contributed by atoms with Crippen molar-refractivity contribution < 1.29 is 46.5 Å². The first-order chi connectivity index (χ1) is 3.84. The van der Waals surface area contributed by atoms with E-state index < -0.39 is 0 Å². The fraction of sp³-hybridized carbons (Fsp3) is 0.500. The second-order valence-corrected chi connectivity index (χ2v) is 2.09. The van der Waals surface area contributed by atoms with Gasteiger partial charge in [0.25, 0.3) is 0 Å². The first-order valence-electron chi connectivity index (χ1n) is 3.11. The molecule has 0 N–H and O–H groups in total. The molecule has 0 nitrogen and oxygen atoms in total. The van der Waals surface area contributed by atoms with Crippen LogP contribution >= 0.6 is 0 Å². The normalized spacial score (nSPS) is 13.3. The second kappa shape index (κ2) is 8.87. The van der Waals surface area contributed by atoms with Gasteiger partial charge >= 0.3 is 21.7 Å². The molecule has 0 atom stereocenters. The summed E-state index contributed by atoms with van der Waals surface area (Å²) in [5, 5.41) is 0. The molecule has 1 rings (SSSR count). The Hall–Kier alpha value is 0.774. The number of hydrogen-bond acceptors (Lipinski definition) is 0. The number of allylic oxidation sites excluding steroid dienone is 4. The van der Waals surface area contributed by atoms with Crippen molar-refractivity contribution in [3.63, 3.8) is 0 Å². The number of halogens is 2. The van der Waals surface area contributed by atoms with Gasteiger partial charge in [0.1, 0.15) is 0 Å². The quantitative estimate of drug-likeness (QED) is 0.321. The molecule has 0 saturated heterocycles. The van der Waals surface area contributed by atoms with Crippen molar-refractivity contribution in [2.75, 3.05) is 0 Å². The van der Waals surface area contributed by atoms with Crippen LogP contribution in [-0.2, 0) is 21.7 Å². The summed E-state index contributed by atoms with van der Waals surface area (Å²) in [6, 6.07) is 0. The molecule has 0 saturated carbocycles. The predicted molar refractivity (Wildman–Crippen MR) is 35.4 cm³/mol. The molecule has 0 unspecified atom stereocenters. The first-order valence-corrected chi connectivity index (χ1v) is 3.11. The van der Waals surface area contributed by atoms with E-state index in [1.165, 1.54) is 17.6 Å². The van der Waals surface area contributed by atoms with Crippen molar-refractivity contribution in [3.05, 3.63) is 23.3 Å². The molecule has 0 aromatic rings. The van der Waals surface area contributed by atoms with Gasteiger partial charge in [-0.15, -0.1) is 6.42 Å². The van der Waals surface area contributed by atoms with E-state index in [4.69, 9.17) is 0 Å². The van der Waals surface area contributed by atoms with Gasteiger partial charge in [0.15, 0.2) is 0 Å². The summed E-state index contributed by atoms with van der Waals surface area (Å²) < 4.78 is 0. The number of hydrogen-bond donors (Lipinski definition) is 0. The van der Waals surface area contributed by atoms with E-state index in [9.17, 15) is 0 Å². The molecule has 0 aliphatic heterocycles. The average Bonchev–Trinajstić information content (AvgIpc) is 2.14. The van der Waals surface area contributed by atoms with Crippen molar-refractivity contribution in [2.24, 2.45) is 0 Å². The van der Waals surface area contributed by atoms with Crippen molar-refractivity contribution in [2.45, 2.75) is 26.7 Å². The van der Waals surface area contributed by atoms with Gasteiger partial charge in [-0.1, -0.05) is 20.3 Å². The predicted octanol–water partition coefficient (Wildman–Crippen LogP) is -3.52. The Morgan fingerprint density at radius 1 is 1.45 bits per heavy atom. The zero-order valence-electron chi connectivity index (χ0n) is 6.75. The van der Waals surface area contributed by atoms with Crippen LogP contribution in [0.5, 0.6) is 0 Å². The topological polar surface area (TPSA) is 0 Å². The first kappa shape index (κ1) is 17.8. The molecule has 0 spiro atoms. The summed E-state index contributed by atoms with van der Waals surface area (Å²) in [5.74, 6) is 0. The summed E-state index contributed by atoms with van der Waals surface area (Å²) in [7, 11) is 0. The molecular weight excluding hydrogens is 215 g/mol. The van der Waals surface area contributed by atoms with E-state index in [0.717, 1.165) is 6.42 Å². The van der Waals surface area contributed by atoms with Crippen LogP contribution in [0.3, 0.4) is 0 Å². The Bertz CT molecular complexity index is 150. The Labute approximate surface area is 96.2 Å². The second-order valence-electron chi connectivity index (χ2n) is 2.09. The zero-order chi connectivity index (χ0) is 5.98. The van der Waals surface area contributed by atoms with Crippen LogP contribution in [0.25, 0.3) is 0 Å². The largest absolute Gasteiger partial charge is 3.00 e. The van der Waals surface area contributed by atoms with E-state index in [2.05, 4.69) is 26.0 Å². The zero-order valence-corrected chi connectivity index (χ0v) is 9.82. The number of rotatable bonds is 1. The van der Waals surface area contributed by atoms with Crippen LogP contribution in [0.1, 0.15) is 26.7 Å². The average molecular weight is 226 g/mol. The van der Waals surface area contributed by atoms with E-state index in [-0.39, 0.29) is 46.5 Å². The van der Waals surface area contributed by atoms with Crippen LogP contribution < -0.4 is 24.8 Å². The molecule has 0 aromatic carbocycles. The molecule has 61 valence electrons. The maximum absolute atomic E-state index is 3.24. The minimum absolute atomic E-state index is 0. The molecule has 11 heavy (non-hydrogen) atoms. The third kappa shape index (κ3) is 5.08. The summed E-state index contributed by atoms with van der Waals surface area (Å²) in [6.07, 6.45) is 7.69. The molecule has 1 radical (unpaired) electrons. The van der Waals surface area contributed by atoms with Gasteiger partial charge in [-0.3, -0.25) is 6.08 Å². The van der Waals surface area contributed by atoms with Crippen molar-refractivity contribution in [1.82, 2.24) is 0 Å². The molecule has 0 aromatic heterocycles. The Morgan fingerprint density at radius 3 is 2.18 bits per heavy atom. The minimum atomic E-state index is 0. The standard InChI is InChI=1S/C8H11.2ClH.Ti/c1-3-8-6-4-5-7(8)2;;;/h6H,3-4H2,1-2H3;2*1H;/q-1;;;+3/p-2. The minimum Gasteiger partial charge on any atom is -1.00 e. The fourth-order valence-electron chi connectivity index (χ4n) is 1.00. The van der Waals surface area contributed by atoms with E-state index in [1.807, 2.05) is 0 Å². The van der Waals surface area contributed by atoms with Crippen molar-refractivity contribution >= 4 is 0 Å². The van der Waals surface area contributed by atoms with Gasteiger partial charge in [0.2, 0.25) is 0 Å². The Kier molecular flexibility index (Phi) is 14.3. The van der Waals surface area contributed by atoms with Crippen LogP contribution in [0.4, 0.5) is 0 Å². The van der Waals surface area contributed by atoms with Crippen LogP contribution in [0, 0.1) is 6.08 Å². The Morgan fingerprint density at radius 2 is 2.00 bits per heavy atom. The van der Waals surface area contributed by atoms with Crippen LogP contribution in [-0.4, -0.2) is 0 Å². The maximum atomic E-state index is 3.24. The molecule has 1 aliphatic rings. The molecular formula is C8H11Cl2Ti. The monoisotopic (exact) mass is 225 g/mol. The van der Waals surface area contributed by atoms with Gasteiger partial charge in [0.05, 0.1) is 0 Å². The molecule has 0 heterocycles. The molecule has 3 heteroatoms. The SMILES string of the molecule is CCC1=CC[C-]=C1C.[Cl-].[Cl-].[Ti+3]. The molecule has 0 bridgehead atoms. The van der Waals surface area contributed by atoms with E-state index in [0.29, 0.717) is 0 Å². The van der Waals surface area contributed by atoms with Gasteiger partial charge < -0.3 is 24.8 Å². The van der Waals surface area contributed by atoms with Gasteiger partial charge in [0, 0.05) is 0 Å². The molecule has 0 fully saturated rings. The van der Waals surface area contributed by atoms with Gasteiger partial charge in [-0.05, 0) is 0 Å².